The lowest BCUT2D eigenvalue weighted by Gasteiger charge is -2.32. The van der Waals surface area contributed by atoms with Gasteiger partial charge in [0.05, 0.1) is 25.3 Å². The number of carbonyl (C=O) groups is 3. The summed E-state index contributed by atoms with van der Waals surface area (Å²) in [5, 5.41) is 9.68. The van der Waals surface area contributed by atoms with Crippen molar-refractivity contribution in [2.24, 2.45) is 16.9 Å². The van der Waals surface area contributed by atoms with Crippen LogP contribution in [0.3, 0.4) is 0 Å². The van der Waals surface area contributed by atoms with Crippen LogP contribution in [-0.2, 0) is 25.7 Å². The Balaban J connectivity index is 1.25. The Kier molecular flexibility index (Phi) is 9.86. The zero-order chi connectivity index (χ0) is 28.6. The molecule has 2 aromatic rings. The van der Waals surface area contributed by atoms with Crippen LogP contribution in [0.1, 0.15) is 99.7 Å². The zero-order valence-corrected chi connectivity index (χ0v) is 24.2. The number of rotatable bonds is 10. The van der Waals surface area contributed by atoms with Gasteiger partial charge in [0.2, 0.25) is 11.8 Å². The number of hydrazone groups is 1. The highest BCUT2D eigenvalue weighted by atomic mass is 16.5. The van der Waals surface area contributed by atoms with Gasteiger partial charge in [-0.1, -0.05) is 80.3 Å². The van der Waals surface area contributed by atoms with E-state index in [1.807, 2.05) is 42.5 Å². The molecule has 0 aromatic heterocycles. The highest BCUT2D eigenvalue weighted by Crippen LogP contribution is 2.38. The maximum absolute atomic E-state index is 13.8. The summed E-state index contributed by atoms with van der Waals surface area (Å²) in [5.74, 6) is 0.637. The Morgan fingerprint density at radius 2 is 1.73 bits per heavy atom. The normalized spacial score (nSPS) is 22.2. The Bertz CT molecular complexity index is 1220. The van der Waals surface area contributed by atoms with Gasteiger partial charge >= 0.3 is 5.97 Å². The van der Waals surface area contributed by atoms with Gasteiger partial charge < -0.3 is 10.1 Å². The van der Waals surface area contributed by atoms with Crippen LogP contribution in [0, 0.1) is 11.8 Å². The summed E-state index contributed by atoms with van der Waals surface area (Å²) in [6.45, 7) is 0.421. The molecule has 5 rings (SSSR count). The van der Waals surface area contributed by atoms with E-state index in [0.29, 0.717) is 37.6 Å². The van der Waals surface area contributed by atoms with E-state index in [2.05, 4.69) is 22.6 Å². The second-order valence-electron chi connectivity index (χ2n) is 12.0. The molecule has 1 N–H and O–H groups in total. The van der Waals surface area contributed by atoms with Gasteiger partial charge in [0.1, 0.15) is 0 Å². The van der Waals surface area contributed by atoms with Crippen molar-refractivity contribution in [3.63, 3.8) is 0 Å². The number of hydrogen-bond acceptors (Lipinski definition) is 5. The summed E-state index contributed by atoms with van der Waals surface area (Å²) in [7, 11) is 1.44. The molecule has 0 radical (unpaired) electrons. The summed E-state index contributed by atoms with van der Waals surface area (Å²) in [6.07, 6.45) is 11.0. The zero-order valence-electron chi connectivity index (χ0n) is 24.2. The van der Waals surface area contributed by atoms with Crippen molar-refractivity contribution in [2.75, 3.05) is 7.11 Å². The number of nitrogens with one attached hydrogen (secondary N) is 1. The molecular weight excluding hydrogens is 514 g/mol. The third-order valence-electron chi connectivity index (χ3n) is 9.15. The molecule has 218 valence electrons. The van der Waals surface area contributed by atoms with E-state index in [9.17, 15) is 14.4 Å². The summed E-state index contributed by atoms with van der Waals surface area (Å²) < 4.78 is 4.81. The fourth-order valence-corrected chi connectivity index (χ4v) is 6.89. The lowest BCUT2D eigenvalue weighted by molar-refractivity contribution is -0.141. The lowest BCUT2D eigenvalue weighted by atomic mass is 9.81. The van der Waals surface area contributed by atoms with Crippen molar-refractivity contribution in [3.8, 4) is 0 Å². The van der Waals surface area contributed by atoms with Crippen LogP contribution in [0.15, 0.2) is 59.7 Å². The molecule has 1 aliphatic heterocycles. The van der Waals surface area contributed by atoms with Crippen LogP contribution in [0.4, 0.5) is 0 Å². The summed E-state index contributed by atoms with van der Waals surface area (Å²) >= 11 is 0. The summed E-state index contributed by atoms with van der Waals surface area (Å²) in [5.41, 5.74) is 4.05. The Hall–Kier alpha value is -3.48. The summed E-state index contributed by atoms with van der Waals surface area (Å²) in [4.78, 5) is 38.1. The predicted molar refractivity (Wildman–Crippen MR) is 159 cm³/mol. The van der Waals surface area contributed by atoms with Gasteiger partial charge in [0, 0.05) is 25.3 Å². The lowest BCUT2D eigenvalue weighted by Crippen LogP contribution is -2.42. The van der Waals surface area contributed by atoms with Gasteiger partial charge in [-0.05, 0) is 60.6 Å². The standard InChI is InChI=1S/C34H43N3O4/c1-41-32(39)21-16-24-8-7-13-29(22-24)35-34(40)33(27-11-5-6-12-27)28-17-14-25(15-18-28)23-37-31(38)20-19-30(36-37)26-9-3-2-4-10-26/h2-4,9-10,14-15,17-18,24,27,29,33H,5-8,11-13,16,19-23H2,1H3,(H,35,40). The van der Waals surface area contributed by atoms with Gasteiger partial charge in [0.25, 0.3) is 0 Å². The molecule has 2 saturated carbocycles. The third kappa shape index (κ3) is 7.63. The Morgan fingerprint density at radius 3 is 2.46 bits per heavy atom. The molecule has 2 fully saturated rings. The van der Waals surface area contributed by atoms with E-state index in [-0.39, 0.29) is 29.7 Å². The molecule has 2 amide bonds. The molecule has 0 bridgehead atoms. The van der Waals surface area contributed by atoms with Crippen LogP contribution in [0.25, 0.3) is 0 Å². The van der Waals surface area contributed by atoms with E-state index < -0.39 is 0 Å². The second-order valence-corrected chi connectivity index (χ2v) is 12.0. The number of carbonyl (C=O) groups excluding carboxylic acids is 3. The van der Waals surface area contributed by atoms with E-state index in [1.54, 1.807) is 5.01 Å². The highest BCUT2D eigenvalue weighted by Gasteiger charge is 2.34. The van der Waals surface area contributed by atoms with Crippen LogP contribution in [0.2, 0.25) is 0 Å². The molecule has 2 aromatic carbocycles. The van der Waals surface area contributed by atoms with Crippen LogP contribution in [-0.4, -0.2) is 41.7 Å². The van der Waals surface area contributed by atoms with Crippen LogP contribution < -0.4 is 5.32 Å². The van der Waals surface area contributed by atoms with Crippen molar-refractivity contribution < 1.29 is 19.1 Å². The van der Waals surface area contributed by atoms with Crippen LogP contribution >= 0.6 is 0 Å². The SMILES string of the molecule is COC(=O)CCC1CCCC(NC(=O)C(c2ccc(CN3N=C(c4ccccc4)CCC3=O)cc2)C2CCCC2)C1. The van der Waals surface area contributed by atoms with Gasteiger partial charge in [-0.15, -0.1) is 0 Å². The third-order valence-corrected chi connectivity index (χ3v) is 9.15. The van der Waals surface area contributed by atoms with E-state index in [0.717, 1.165) is 67.3 Å². The first-order valence-electron chi connectivity index (χ1n) is 15.4. The molecule has 1 heterocycles. The maximum atomic E-state index is 13.8. The summed E-state index contributed by atoms with van der Waals surface area (Å²) in [6, 6.07) is 18.4. The molecule has 7 nitrogen and oxygen atoms in total. The van der Waals surface area contributed by atoms with E-state index >= 15 is 0 Å². The van der Waals surface area contributed by atoms with Crippen molar-refractivity contribution in [1.29, 1.82) is 0 Å². The number of ether oxygens (including phenoxy) is 1. The van der Waals surface area contributed by atoms with Crippen molar-refractivity contribution in [3.05, 3.63) is 71.3 Å². The topological polar surface area (TPSA) is 88.1 Å². The molecule has 2 aliphatic carbocycles. The molecular formula is C34H43N3O4. The maximum Gasteiger partial charge on any atom is 0.305 e. The Morgan fingerprint density at radius 1 is 0.976 bits per heavy atom. The number of amides is 2. The first kappa shape index (κ1) is 29.0. The number of hydrogen-bond donors (Lipinski definition) is 1. The van der Waals surface area contributed by atoms with E-state index in [4.69, 9.17) is 4.74 Å². The van der Waals surface area contributed by atoms with Crippen molar-refractivity contribution in [2.45, 2.75) is 95.6 Å². The second kappa shape index (κ2) is 13.9. The number of methoxy groups -OCH3 is 1. The van der Waals surface area contributed by atoms with Gasteiger partial charge in [0.15, 0.2) is 0 Å². The average molecular weight is 558 g/mol. The minimum atomic E-state index is -0.165. The average Bonchev–Trinajstić information content (AvgIpc) is 3.53. The molecule has 3 atom stereocenters. The van der Waals surface area contributed by atoms with Gasteiger partial charge in [-0.25, -0.2) is 5.01 Å². The molecule has 3 aliphatic rings. The smallest absolute Gasteiger partial charge is 0.305 e. The monoisotopic (exact) mass is 557 g/mol. The number of benzene rings is 2. The molecule has 7 heteroatoms. The fourth-order valence-electron chi connectivity index (χ4n) is 6.89. The predicted octanol–water partition coefficient (Wildman–Crippen LogP) is 6.12. The first-order valence-corrected chi connectivity index (χ1v) is 15.4. The van der Waals surface area contributed by atoms with E-state index in [1.165, 1.54) is 20.0 Å². The first-order chi connectivity index (χ1) is 20.0. The van der Waals surface area contributed by atoms with Gasteiger partial charge in [-0.2, -0.15) is 5.10 Å². The fraction of sp³-hybridized carbons (Fsp3) is 0.529. The number of nitrogens with zero attached hydrogens (tertiary/aromatic N) is 2. The molecule has 41 heavy (non-hydrogen) atoms. The quantitative estimate of drug-likeness (QED) is 0.357. The van der Waals surface area contributed by atoms with Gasteiger partial charge in [-0.3, -0.25) is 14.4 Å². The van der Waals surface area contributed by atoms with Crippen LogP contribution in [0.5, 0.6) is 0 Å². The largest absolute Gasteiger partial charge is 0.469 e. The Labute approximate surface area is 243 Å². The molecule has 0 spiro atoms. The molecule has 3 unspecified atom stereocenters. The minimum Gasteiger partial charge on any atom is -0.469 e. The molecule has 0 saturated heterocycles. The minimum absolute atomic E-state index is 0.0364. The highest BCUT2D eigenvalue weighted by molar-refractivity contribution is 6.04. The van der Waals surface area contributed by atoms with Crippen molar-refractivity contribution in [1.82, 2.24) is 10.3 Å². The van der Waals surface area contributed by atoms with Crippen molar-refractivity contribution >= 4 is 23.5 Å². The number of esters is 1.